The van der Waals surface area contributed by atoms with Crippen LogP contribution in [0.15, 0.2) is 24.3 Å². The lowest BCUT2D eigenvalue weighted by atomic mass is 10.1. The van der Waals surface area contributed by atoms with Crippen molar-refractivity contribution in [2.75, 3.05) is 26.9 Å². The van der Waals surface area contributed by atoms with E-state index in [1.165, 1.54) is 7.11 Å². The number of esters is 1. The number of ether oxygens (including phenoxy) is 2. The third kappa shape index (κ3) is 5.50. The van der Waals surface area contributed by atoms with Gasteiger partial charge in [0.25, 0.3) is 5.91 Å². The van der Waals surface area contributed by atoms with Crippen LogP contribution < -0.4 is 5.32 Å². The first-order valence-corrected chi connectivity index (χ1v) is 6.06. The molecular weight excluding hydrogens is 260 g/mol. The van der Waals surface area contributed by atoms with Crippen molar-refractivity contribution >= 4 is 11.9 Å². The Bertz CT molecular complexity index is 491. The van der Waals surface area contributed by atoms with Gasteiger partial charge < -0.3 is 14.8 Å². The van der Waals surface area contributed by atoms with Crippen LogP contribution in [0, 0.1) is 11.3 Å². The van der Waals surface area contributed by atoms with Gasteiger partial charge in [0.15, 0.2) is 0 Å². The Balaban J connectivity index is 2.39. The number of methoxy groups -OCH3 is 1. The van der Waals surface area contributed by atoms with Crippen LogP contribution in [0.3, 0.4) is 0 Å². The highest BCUT2D eigenvalue weighted by Gasteiger charge is 2.08. The molecule has 1 amide bonds. The number of amides is 1. The standard InChI is InChI=1S/C14H16N2O4/c1-19-8-9-20-13(17)10-16-14(18)12-4-2-11(3-5-12)6-7-15/h2-5H,6,8-10H2,1H3,(H,16,18). The second kappa shape index (κ2) is 8.67. The van der Waals surface area contributed by atoms with Gasteiger partial charge in [-0.15, -0.1) is 0 Å². The van der Waals surface area contributed by atoms with Gasteiger partial charge in [-0.2, -0.15) is 5.26 Å². The Morgan fingerprint density at radius 3 is 2.55 bits per heavy atom. The molecule has 0 heterocycles. The monoisotopic (exact) mass is 276 g/mol. The molecule has 0 saturated carbocycles. The Labute approximate surface area is 117 Å². The third-order valence-electron chi connectivity index (χ3n) is 2.44. The van der Waals surface area contributed by atoms with Gasteiger partial charge in [0.05, 0.1) is 19.1 Å². The predicted octanol–water partition coefficient (Wildman–Crippen LogP) is 0.672. The van der Waals surface area contributed by atoms with Gasteiger partial charge in [-0.05, 0) is 17.7 Å². The molecule has 1 rings (SSSR count). The SMILES string of the molecule is COCCOC(=O)CNC(=O)c1ccc(CC#N)cc1. The first-order valence-electron chi connectivity index (χ1n) is 6.06. The molecule has 0 bridgehead atoms. The van der Waals surface area contributed by atoms with Crippen LogP contribution in [0.2, 0.25) is 0 Å². The van der Waals surface area contributed by atoms with E-state index in [1.54, 1.807) is 24.3 Å². The smallest absolute Gasteiger partial charge is 0.325 e. The lowest BCUT2D eigenvalue weighted by Gasteiger charge is -2.06. The molecule has 0 aromatic heterocycles. The zero-order valence-electron chi connectivity index (χ0n) is 11.2. The van der Waals surface area contributed by atoms with E-state index in [-0.39, 0.29) is 19.1 Å². The van der Waals surface area contributed by atoms with Crippen LogP contribution in [-0.4, -0.2) is 38.7 Å². The number of hydrogen-bond acceptors (Lipinski definition) is 5. The number of nitriles is 1. The Kier molecular flexibility index (Phi) is 6.79. The van der Waals surface area contributed by atoms with Crippen molar-refractivity contribution in [1.82, 2.24) is 5.32 Å². The zero-order valence-corrected chi connectivity index (χ0v) is 11.2. The fourth-order valence-corrected chi connectivity index (χ4v) is 1.41. The average Bonchev–Trinajstić information content (AvgIpc) is 2.46. The summed E-state index contributed by atoms with van der Waals surface area (Å²) < 4.78 is 9.54. The van der Waals surface area contributed by atoms with E-state index >= 15 is 0 Å². The van der Waals surface area contributed by atoms with Gasteiger partial charge in [0.2, 0.25) is 0 Å². The minimum Gasteiger partial charge on any atom is -0.462 e. The molecule has 6 heteroatoms. The minimum atomic E-state index is -0.517. The number of nitrogens with one attached hydrogen (secondary N) is 1. The maximum Gasteiger partial charge on any atom is 0.325 e. The zero-order chi connectivity index (χ0) is 14.8. The van der Waals surface area contributed by atoms with Crippen molar-refractivity contribution in [2.24, 2.45) is 0 Å². The summed E-state index contributed by atoms with van der Waals surface area (Å²) in [6.45, 7) is 0.288. The highest BCUT2D eigenvalue weighted by atomic mass is 16.6. The fourth-order valence-electron chi connectivity index (χ4n) is 1.41. The molecule has 1 N–H and O–H groups in total. The topological polar surface area (TPSA) is 88.4 Å². The van der Waals surface area contributed by atoms with Crippen LogP contribution >= 0.6 is 0 Å². The fraction of sp³-hybridized carbons (Fsp3) is 0.357. The van der Waals surface area contributed by atoms with E-state index in [4.69, 9.17) is 14.7 Å². The molecule has 106 valence electrons. The van der Waals surface area contributed by atoms with E-state index in [0.717, 1.165) is 5.56 Å². The molecule has 0 atom stereocenters. The van der Waals surface area contributed by atoms with Crippen LogP contribution in [0.5, 0.6) is 0 Å². The largest absolute Gasteiger partial charge is 0.462 e. The summed E-state index contributed by atoms with van der Waals surface area (Å²) in [7, 11) is 1.51. The van der Waals surface area contributed by atoms with E-state index in [2.05, 4.69) is 5.32 Å². The summed E-state index contributed by atoms with van der Waals surface area (Å²) in [6, 6.07) is 8.65. The molecule has 0 aliphatic heterocycles. The Morgan fingerprint density at radius 2 is 1.95 bits per heavy atom. The molecule has 0 radical (unpaired) electrons. The van der Waals surface area contributed by atoms with Crippen molar-refractivity contribution in [1.29, 1.82) is 5.26 Å². The molecule has 20 heavy (non-hydrogen) atoms. The van der Waals surface area contributed by atoms with E-state index in [0.29, 0.717) is 18.6 Å². The molecule has 0 spiro atoms. The predicted molar refractivity (Wildman–Crippen MR) is 70.9 cm³/mol. The summed E-state index contributed by atoms with van der Waals surface area (Å²) in [4.78, 5) is 23.0. The van der Waals surface area contributed by atoms with Crippen molar-refractivity contribution < 1.29 is 19.1 Å². The van der Waals surface area contributed by atoms with Gasteiger partial charge in [-0.3, -0.25) is 9.59 Å². The highest BCUT2D eigenvalue weighted by molar-refractivity contribution is 5.95. The average molecular weight is 276 g/mol. The first kappa shape index (κ1) is 15.7. The van der Waals surface area contributed by atoms with E-state index in [1.807, 2.05) is 6.07 Å². The molecule has 0 aliphatic carbocycles. The lowest BCUT2D eigenvalue weighted by Crippen LogP contribution is -2.31. The summed E-state index contributed by atoms with van der Waals surface area (Å²) in [6.07, 6.45) is 0.299. The Morgan fingerprint density at radius 1 is 1.25 bits per heavy atom. The minimum absolute atomic E-state index is 0.161. The van der Waals surface area contributed by atoms with Gasteiger partial charge in [-0.1, -0.05) is 12.1 Å². The summed E-state index contributed by atoms with van der Waals surface area (Å²) in [5, 5.41) is 11.0. The van der Waals surface area contributed by atoms with Crippen LogP contribution in [0.4, 0.5) is 0 Å². The number of rotatable bonds is 7. The first-order chi connectivity index (χ1) is 9.67. The molecule has 0 fully saturated rings. The quantitative estimate of drug-likeness (QED) is 0.584. The molecule has 1 aromatic carbocycles. The molecule has 0 unspecified atom stereocenters. The summed E-state index contributed by atoms with van der Waals surface area (Å²) in [5.74, 6) is -0.881. The highest BCUT2D eigenvalue weighted by Crippen LogP contribution is 2.04. The summed E-state index contributed by atoms with van der Waals surface area (Å²) >= 11 is 0. The lowest BCUT2D eigenvalue weighted by molar-refractivity contribution is -0.143. The second-order valence-electron chi connectivity index (χ2n) is 3.93. The molecule has 0 aliphatic rings. The molecule has 1 aromatic rings. The summed E-state index contributed by atoms with van der Waals surface area (Å²) in [5.41, 5.74) is 1.26. The molecular formula is C14H16N2O4. The number of hydrogen-bond donors (Lipinski definition) is 1. The van der Waals surface area contributed by atoms with Gasteiger partial charge in [0, 0.05) is 12.7 Å². The number of carbonyl (C=O) groups excluding carboxylic acids is 2. The maximum absolute atomic E-state index is 11.7. The Hall–Kier alpha value is -2.39. The molecule has 0 saturated heterocycles. The van der Waals surface area contributed by atoms with Crippen molar-refractivity contribution in [3.8, 4) is 6.07 Å². The molecule has 6 nitrogen and oxygen atoms in total. The third-order valence-corrected chi connectivity index (χ3v) is 2.44. The van der Waals surface area contributed by atoms with Crippen LogP contribution in [-0.2, 0) is 20.7 Å². The normalized spacial score (nSPS) is 9.60. The van der Waals surface area contributed by atoms with E-state index < -0.39 is 5.97 Å². The van der Waals surface area contributed by atoms with Crippen LogP contribution in [0.25, 0.3) is 0 Å². The van der Waals surface area contributed by atoms with Crippen LogP contribution in [0.1, 0.15) is 15.9 Å². The number of nitrogens with zero attached hydrogens (tertiary/aromatic N) is 1. The second-order valence-corrected chi connectivity index (χ2v) is 3.93. The number of benzene rings is 1. The van der Waals surface area contributed by atoms with Gasteiger partial charge in [0.1, 0.15) is 13.2 Å². The van der Waals surface area contributed by atoms with Crippen molar-refractivity contribution in [3.63, 3.8) is 0 Å². The van der Waals surface area contributed by atoms with Crippen molar-refractivity contribution in [3.05, 3.63) is 35.4 Å². The van der Waals surface area contributed by atoms with Crippen molar-refractivity contribution in [2.45, 2.75) is 6.42 Å². The maximum atomic E-state index is 11.7. The van der Waals surface area contributed by atoms with Gasteiger partial charge >= 0.3 is 5.97 Å². The number of carbonyl (C=O) groups is 2. The van der Waals surface area contributed by atoms with Gasteiger partial charge in [-0.25, -0.2) is 0 Å². The van der Waals surface area contributed by atoms with E-state index in [9.17, 15) is 9.59 Å².